The number of amides is 2. The van der Waals surface area contributed by atoms with Gasteiger partial charge in [-0.2, -0.15) is 0 Å². The number of nitrogens with zero attached hydrogens (tertiary/aromatic N) is 2. The lowest BCUT2D eigenvalue weighted by Gasteiger charge is -2.35. The first-order valence-electron chi connectivity index (χ1n) is 11.0. The van der Waals surface area contributed by atoms with Crippen molar-refractivity contribution in [2.75, 3.05) is 20.8 Å². The van der Waals surface area contributed by atoms with Crippen molar-refractivity contribution in [3.8, 4) is 5.75 Å². The fourth-order valence-electron chi connectivity index (χ4n) is 4.00. The summed E-state index contributed by atoms with van der Waals surface area (Å²) < 4.78 is 29.4. The van der Waals surface area contributed by atoms with Crippen LogP contribution in [-0.2, 0) is 33.8 Å². The van der Waals surface area contributed by atoms with Crippen LogP contribution in [0.1, 0.15) is 27.2 Å². The van der Waals surface area contributed by atoms with Gasteiger partial charge in [-0.3, -0.25) is 9.59 Å². The predicted octanol–water partition coefficient (Wildman–Crippen LogP) is 3.20. The van der Waals surface area contributed by atoms with Crippen LogP contribution in [0.3, 0.4) is 0 Å². The van der Waals surface area contributed by atoms with Crippen LogP contribution in [0.25, 0.3) is 0 Å². The van der Waals surface area contributed by atoms with E-state index in [9.17, 15) is 18.8 Å². The van der Waals surface area contributed by atoms with Crippen LogP contribution >= 0.6 is 0 Å². The maximum atomic E-state index is 13.9. The Kier molecular flexibility index (Phi) is 7.14. The molecule has 35 heavy (non-hydrogen) atoms. The van der Waals surface area contributed by atoms with E-state index in [1.54, 1.807) is 12.1 Å². The molecule has 1 atom stereocenters. The highest BCUT2D eigenvalue weighted by Gasteiger charge is 2.37. The normalized spacial score (nSPS) is 14.7. The molecule has 9 heteroatoms. The molecule has 8 nitrogen and oxygen atoms in total. The number of hydrogen-bond donors (Lipinski definition) is 0. The Morgan fingerprint density at radius 1 is 1.11 bits per heavy atom. The van der Waals surface area contributed by atoms with Crippen molar-refractivity contribution in [1.29, 1.82) is 0 Å². The Morgan fingerprint density at radius 2 is 1.89 bits per heavy atom. The third-order valence-electron chi connectivity index (χ3n) is 5.91. The number of hydrogen-bond acceptors (Lipinski definition) is 6. The SMILES string of the molecule is COc1ccc(CN(C)C(=O)COC(=O)[C@@H]2Cc3ccccc3CN2C(=O)c2ccco2)cc1F. The third kappa shape index (κ3) is 5.34. The number of methoxy groups -OCH3 is 1. The minimum Gasteiger partial charge on any atom is -0.494 e. The smallest absolute Gasteiger partial charge is 0.329 e. The van der Waals surface area contributed by atoms with Gasteiger partial charge in [0.15, 0.2) is 23.9 Å². The Bertz CT molecular complexity index is 1230. The number of carbonyl (C=O) groups is 3. The van der Waals surface area contributed by atoms with Gasteiger partial charge in [0.25, 0.3) is 11.8 Å². The Balaban J connectivity index is 1.41. The zero-order valence-corrected chi connectivity index (χ0v) is 19.4. The van der Waals surface area contributed by atoms with Crippen molar-refractivity contribution >= 4 is 17.8 Å². The Morgan fingerprint density at radius 3 is 2.57 bits per heavy atom. The number of furan rings is 1. The number of halogens is 1. The molecule has 0 N–H and O–H groups in total. The molecule has 2 aromatic carbocycles. The van der Waals surface area contributed by atoms with Crippen LogP contribution < -0.4 is 4.74 Å². The highest BCUT2D eigenvalue weighted by atomic mass is 19.1. The van der Waals surface area contributed by atoms with E-state index in [1.165, 1.54) is 48.4 Å². The molecule has 182 valence electrons. The molecular formula is C26H25FN2O6. The van der Waals surface area contributed by atoms with E-state index in [2.05, 4.69) is 0 Å². The second-order valence-electron chi connectivity index (χ2n) is 8.23. The highest BCUT2D eigenvalue weighted by molar-refractivity contribution is 5.95. The fraction of sp³-hybridized carbons (Fsp3) is 0.269. The number of fused-ring (bicyclic) bond motifs is 1. The molecule has 4 rings (SSSR count). The molecular weight excluding hydrogens is 455 g/mol. The lowest BCUT2D eigenvalue weighted by molar-refractivity contribution is -0.156. The van der Waals surface area contributed by atoms with E-state index in [0.29, 0.717) is 5.56 Å². The molecule has 0 aliphatic carbocycles. The van der Waals surface area contributed by atoms with Crippen molar-refractivity contribution in [1.82, 2.24) is 9.80 Å². The molecule has 2 heterocycles. The zero-order chi connectivity index (χ0) is 24.9. The van der Waals surface area contributed by atoms with Crippen LogP contribution in [-0.4, -0.2) is 54.4 Å². The number of rotatable bonds is 7. The van der Waals surface area contributed by atoms with Crippen LogP contribution in [0.5, 0.6) is 5.75 Å². The van der Waals surface area contributed by atoms with E-state index in [0.717, 1.165) is 11.1 Å². The summed E-state index contributed by atoms with van der Waals surface area (Å²) in [5.41, 5.74) is 2.42. The van der Waals surface area contributed by atoms with Gasteiger partial charge in [0.05, 0.1) is 13.4 Å². The molecule has 2 amide bonds. The summed E-state index contributed by atoms with van der Waals surface area (Å²) in [6, 6.07) is 14.2. The van der Waals surface area contributed by atoms with E-state index < -0.39 is 36.2 Å². The number of ether oxygens (including phenoxy) is 2. The molecule has 1 aliphatic rings. The molecule has 0 saturated heterocycles. The second-order valence-corrected chi connectivity index (χ2v) is 8.23. The molecule has 1 aliphatic heterocycles. The first kappa shape index (κ1) is 24.0. The standard InChI is InChI=1S/C26H25FN2O6/c1-28(14-17-9-10-22(33-2)20(27)12-17)24(30)16-35-26(32)21-13-18-6-3-4-7-19(18)15-29(21)25(31)23-8-5-11-34-23/h3-12,21H,13-16H2,1-2H3/t21-/m0/s1. The van der Waals surface area contributed by atoms with Gasteiger partial charge in [-0.05, 0) is 41.0 Å². The van der Waals surface area contributed by atoms with Gasteiger partial charge < -0.3 is 23.7 Å². The number of carbonyl (C=O) groups excluding carboxylic acids is 3. The Hall–Kier alpha value is -4.14. The minimum atomic E-state index is -0.906. The third-order valence-corrected chi connectivity index (χ3v) is 5.91. The molecule has 0 radical (unpaired) electrons. The first-order valence-corrected chi connectivity index (χ1v) is 11.0. The fourth-order valence-corrected chi connectivity index (χ4v) is 4.00. The topological polar surface area (TPSA) is 89.3 Å². The van der Waals surface area contributed by atoms with Crippen molar-refractivity contribution < 1.29 is 32.7 Å². The summed E-state index contributed by atoms with van der Waals surface area (Å²) in [4.78, 5) is 41.3. The van der Waals surface area contributed by atoms with Gasteiger partial charge in [0, 0.05) is 26.6 Å². The molecule has 0 saturated carbocycles. The average molecular weight is 480 g/mol. The summed E-state index contributed by atoms with van der Waals surface area (Å²) in [6.07, 6.45) is 1.65. The van der Waals surface area contributed by atoms with Crippen LogP contribution in [0.15, 0.2) is 65.3 Å². The zero-order valence-electron chi connectivity index (χ0n) is 19.4. The predicted molar refractivity (Wildman–Crippen MR) is 123 cm³/mol. The van der Waals surface area contributed by atoms with Gasteiger partial charge in [0.2, 0.25) is 0 Å². The summed E-state index contributed by atoms with van der Waals surface area (Å²) in [7, 11) is 2.90. The number of likely N-dealkylation sites (N-methyl/N-ethyl adjacent to an activating group) is 1. The maximum absolute atomic E-state index is 13.9. The molecule has 0 fully saturated rings. The summed E-state index contributed by atoms with van der Waals surface area (Å²) in [5, 5.41) is 0. The maximum Gasteiger partial charge on any atom is 0.329 e. The molecule has 1 aromatic heterocycles. The van der Waals surface area contributed by atoms with Crippen molar-refractivity contribution in [2.45, 2.75) is 25.6 Å². The summed E-state index contributed by atoms with van der Waals surface area (Å²) in [6.45, 7) is -0.168. The monoisotopic (exact) mass is 480 g/mol. The van der Waals surface area contributed by atoms with Gasteiger partial charge in [-0.25, -0.2) is 9.18 Å². The highest BCUT2D eigenvalue weighted by Crippen LogP contribution is 2.26. The quantitative estimate of drug-likeness (QED) is 0.483. The Labute approximate surface area is 201 Å². The number of esters is 1. The van der Waals surface area contributed by atoms with E-state index >= 15 is 0 Å². The van der Waals surface area contributed by atoms with Crippen LogP contribution in [0, 0.1) is 5.82 Å². The largest absolute Gasteiger partial charge is 0.494 e. The van der Waals surface area contributed by atoms with Gasteiger partial charge in [-0.1, -0.05) is 30.3 Å². The van der Waals surface area contributed by atoms with Crippen molar-refractivity contribution in [3.63, 3.8) is 0 Å². The van der Waals surface area contributed by atoms with E-state index in [4.69, 9.17) is 13.9 Å². The van der Waals surface area contributed by atoms with E-state index in [-0.39, 0.29) is 31.0 Å². The number of benzene rings is 2. The molecule has 0 bridgehead atoms. The van der Waals surface area contributed by atoms with Gasteiger partial charge >= 0.3 is 5.97 Å². The lowest BCUT2D eigenvalue weighted by atomic mass is 9.93. The first-order chi connectivity index (χ1) is 16.9. The van der Waals surface area contributed by atoms with E-state index in [1.807, 2.05) is 24.3 Å². The molecule has 3 aromatic rings. The molecule has 0 unspecified atom stereocenters. The average Bonchev–Trinajstić information content (AvgIpc) is 3.41. The second kappa shape index (κ2) is 10.4. The van der Waals surface area contributed by atoms with Crippen molar-refractivity contribution in [3.05, 3.63) is 89.1 Å². The van der Waals surface area contributed by atoms with Gasteiger partial charge in [0.1, 0.15) is 6.04 Å². The van der Waals surface area contributed by atoms with Gasteiger partial charge in [-0.15, -0.1) is 0 Å². The molecule has 0 spiro atoms. The summed E-state index contributed by atoms with van der Waals surface area (Å²) in [5.74, 6) is -1.89. The van der Waals surface area contributed by atoms with Crippen molar-refractivity contribution in [2.24, 2.45) is 0 Å². The van der Waals surface area contributed by atoms with Crippen LogP contribution in [0.2, 0.25) is 0 Å². The minimum absolute atomic E-state index is 0.111. The summed E-state index contributed by atoms with van der Waals surface area (Å²) >= 11 is 0. The lowest BCUT2D eigenvalue weighted by Crippen LogP contribution is -2.49. The van der Waals surface area contributed by atoms with Crippen LogP contribution in [0.4, 0.5) is 4.39 Å².